The summed E-state index contributed by atoms with van der Waals surface area (Å²) in [6, 6.07) is 2.44. The molecule has 110 valence electrons. The summed E-state index contributed by atoms with van der Waals surface area (Å²) in [6.45, 7) is 4.39. The lowest BCUT2D eigenvalue weighted by molar-refractivity contribution is -0.384. The van der Waals surface area contributed by atoms with Gasteiger partial charge in [0, 0.05) is 22.9 Å². The summed E-state index contributed by atoms with van der Waals surface area (Å²) in [4.78, 5) is 22.2. The highest BCUT2D eigenvalue weighted by Gasteiger charge is 2.22. The molecular formula is C12H14Cl2N2O3S. The number of benzene rings is 1. The fourth-order valence-corrected chi connectivity index (χ4v) is 1.91. The largest absolute Gasteiger partial charge is 0.351 e. The number of nitrogens with one attached hydrogen (secondary N) is 1. The Kier molecular flexibility index (Phi) is 5.68. The standard InChI is InChI=1S/C12H14Cl2N2O3S/c1-12(2,20-3)6-15-11(17)7-4-8(13)10(14)9(5-7)16(18)19/h4-5H,6H2,1-3H3,(H,15,17). The monoisotopic (exact) mass is 336 g/mol. The first-order chi connectivity index (χ1) is 9.18. The molecular weight excluding hydrogens is 323 g/mol. The number of nitro groups is 1. The van der Waals surface area contributed by atoms with Crippen molar-refractivity contribution in [3.05, 3.63) is 37.9 Å². The zero-order valence-electron chi connectivity index (χ0n) is 11.2. The van der Waals surface area contributed by atoms with Gasteiger partial charge in [0.2, 0.25) is 0 Å². The van der Waals surface area contributed by atoms with Crippen molar-refractivity contribution in [3.63, 3.8) is 0 Å². The van der Waals surface area contributed by atoms with Crippen LogP contribution in [0, 0.1) is 10.1 Å². The molecule has 0 bridgehead atoms. The van der Waals surface area contributed by atoms with E-state index in [0.717, 1.165) is 6.07 Å². The van der Waals surface area contributed by atoms with E-state index in [1.807, 2.05) is 20.1 Å². The second kappa shape index (κ2) is 6.65. The zero-order valence-corrected chi connectivity index (χ0v) is 13.5. The number of hydrogen-bond donors (Lipinski definition) is 1. The van der Waals surface area contributed by atoms with Crippen LogP contribution < -0.4 is 5.32 Å². The molecule has 1 N–H and O–H groups in total. The van der Waals surface area contributed by atoms with Gasteiger partial charge in [0.15, 0.2) is 0 Å². The maximum atomic E-state index is 12.0. The van der Waals surface area contributed by atoms with E-state index < -0.39 is 10.8 Å². The molecule has 0 unspecified atom stereocenters. The second-order valence-corrected chi connectivity index (χ2v) is 6.99. The highest BCUT2D eigenvalue weighted by Crippen LogP contribution is 2.33. The summed E-state index contributed by atoms with van der Waals surface area (Å²) >= 11 is 13.1. The number of carbonyl (C=O) groups is 1. The van der Waals surface area contributed by atoms with Gasteiger partial charge in [0.05, 0.1) is 9.95 Å². The van der Waals surface area contributed by atoms with Crippen LogP contribution in [0.2, 0.25) is 10.0 Å². The summed E-state index contributed by atoms with van der Waals surface area (Å²) in [7, 11) is 0. The summed E-state index contributed by atoms with van der Waals surface area (Å²) < 4.78 is -0.127. The Balaban J connectivity index is 2.97. The summed E-state index contributed by atoms with van der Waals surface area (Å²) in [5.74, 6) is -0.422. The third-order valence-electron chi connectivity index (χ3n) is 2.70. The van der Waals surface area contributed by atoms with Gasteiger partial charge >= 0.3 is 0 Å². The third kappa shape index (κ3) is 4.26. The smallest absolute Gasteiger partial charge is 0.290 e. The lowest BCUT2D eigenvalue weighted by atomic mass is 10.1. The summed E-state index contributed by atoms with van der Waals surface area (Å²) in [6.07, 6.45) is 1.94. The minimum atomic E-state index is -0.670. The Morgan fingerprint density at radius 1 is 1.45 bits per heavy atom. The lowest BCUT2D eigenvalue weighted by Crippen LogP contribution is -2.36. The van der Waals surface area contributed by atoms with Crippen LogP contribution in [0.4, 0.5) is 5.69 Å². The van der Waals surface area contributed by atoms with Crippen LogP contribution in [0.3, 0.4) is 0 Å². The molecule has 0 aliphatic heterocycles. The maximum Gasteiger partial charge on any atom is 0.290 e. The Bertz CT molecular complexity index is 550. The first-order valence-electron chi connectivity index (χ1n) is 5.65. The summed E-state index contributed by atoms with van der Waals surface area (Å²) in [5, 5.41) is 13.4. The first-order valence-corrected chi connectivity index (χ1v) is 7.63. The predicted molar refractivity (Wildman–Crippen MR) is 83.0 cm³/mol. The topological polar surface area (TPSA) is 72.2 Å². The van der Waals surface area contributed by atoms with Gasteiger partial charge in [-0.2, -0.15) is 11.8 Å². The van der Waals surface area contributed by atoms with E-state index in [1.165, 1.54) is 6.07 Å². The molecule has 0 aliphatic carbocycles. The van der Waals surface area contributed by atoms with E-state index >= 15 is 0 Å². The maximum absolute atomic E-state index is 12.0. The minimum Gasteiger partial charge on any atom is -0.351 e. The molecule has 1 aromatic rings. The van der Waals surface area contributed by atoms with Gasteiger partial charge in [-0.15, -0.1) is 0 Å². The molecule has 1 amide bonds. The van der Waals surface area contributed by atoms with Gasteiger partial charge in [-0.3, -0.25) is 14.9 Å². The van der Waals surface area contributed by atoms with Crippen LogP contribution in [0.5, 0.6) is 0 Å². The Labute approximate surface area is 131 Å². The highest BCUT2D eigenvalue weighted by atomic mass is 35.5. The van der Waals surface area contributed by atoms with Crippen molar-refractivity contribution < 1.29 is 9.72 Å². The number of thioether (sulfide) groups is 1. The second-order valence-electron chi connectivity index (χ2n) is 4.69. The average Bonchev–Trinajstić information content (AvgIpc) is 2.38. The molecule has 20 heavy (non-hydrogen) atoms. The van der Waals surface area contributed by atoms with Crippen molar-refractivity contribution in [3.8, 4) is 0 Å². The molecule has 0 saturated heterocycles. The minimum absolute atomic E-state index is 0.0184. The van der Waals surface area contributed by atoms with Gasteiger partial charge in [0.25, 0.3) is 11.6 Å². The van der Waals surface area contributed by atoms with Gasteiger partial charge in [-0.1, -0.05) is 23.2 Å². The SMILES string of the molecule is CSC(C)(C)CNC(=O)c1cc(Cl)c(Cl)c([N+](=O)[O-])c1. The van der Waals surface area contributed by atoms with E-state index in [2.05, 4.69) is 5.32 Å². The Morgan fingerprint density at radius 2 is 2.05 bits per heavy atom. The molecule has 0 fully saturated rings. The fraction of sp³-hybridized carbons (Fsp3) is 0.417. The molecule has 0 aliphatic rings. The van der Waals surface area contributed by atoms with Crippen LogP contribution in [0.1, 0.15) is 24.2 Å². The van der Waals surface area contributed by atoms with Crippen molar-refractivity contribution in [2.45, 2.75) is 18.6 Å². The quantitative estimate of drug-likeness (QED) is 0.656. The number of amides is 1. The van der Waals surface area contributed by atoms with E-state index in [1.54, 1.807) is 11.8 Å². The van der Waals surface area contributed by atoms with Crippen LogP contribution in [0.25, 0.3) is 0 Å². The number of hydrogen-bond acceptors (Lipinski definition) is 4. The summed E-state index contributed by atoms with van der Waals surface area (Å²) in [5.41, 5.74) is -0.267. The average molecular weight is 337 g/mol. The Hall–Kier alpha value is -0.980. The van der Waals surface area contributed by atoms with E-state index in [0.29, 0.717) is 6.54 Å². The lowest BCUT2D eigenvalue weighted by Gasteiger charge is -2.22. The van der Waals surface area contributed by atoms with Crippen molar-refractivity contribution in [2.75, 3.05) is 12.8 Å². The van der Waals surface area contributed by atoms with Crippen LogP contribution >= 0.6 is 35.0 Å². The van der Waals surface area contributed by atoms with Crippen LogP contribution in [-0.2, 0) is 0 Å². The van der Waals surface area contributed by atoms with Gasteiger partial charge in [-0.25, -0.2) is 0 Å². The first kappa shape index (κ1) is 17.1. The Morgan fingerprint density at radius 3 is 2.55 bits per heavy atom. The van der Waals surface area contributed by atoms with E-state index in [4.69, 9.17) is 23.2 Å². The van der Waals surface area contributed by atoms with Gasteiger partial charge < -0.3 is 5.32 Å². The molecule has 1 rings (SSSR count). The van der Waals surface area contributed by atoms with Gasteiger partial charge in [-0.05, 0) is 26.2 Å². The number of nitrogens with zero attached hydrogens (tertiary/aromatic N) is 1. The van der Waals surface area contributed by atoms with Crippen molar-refractivity contribution in [1.29, 1.82) is 0 Å². The van der Waals surface area contributed by atoms with Crippen molar-refractivity contribution in [1.82, 2.24) is 5.32 Å². The van der Waals surface area contributed by atoms with Crippen LogP contribution in [0.15, 0.2) is 12.1 Å². The molecule has 0 aromatic heterocycles. The van der Waals surface area contributed by atoms with Crippen LogP contribution in [-0.4, -0.2) is 28.4 Å². The predicted octanol–water partition coefficient (Wildman–Crippen LogP) is 3.77. The molecule has 5 nitrogen and oxygen atoms in total. The zero-order chi connectivity index (χ0) is 15.5. The molecule has 0 radical (unpaired) electrons. The van der Waals surface area contributed by atoms with Crippen molar-refractivity contribution >= 4 is 46.6 Å². The molecule has 1 aromatic carbocycles. The van der Waals surface area contributed by atoms with E-state index in [9.17, 15) is 14.9 Å². The third-order valence-corrected chi connectivity index (χ3v) is 4.74. The molecule has 8 heteroatoms. The molecule has 0 spiro atoms. The molecule has 0 saturated carbocycles. The number of carbonyl (C=O) groups excluding carboxylic acids is 1. The van der Waals surface area contributed by atoms with E-state index in [-0.39, 0.29) is 26.0 Å². The fourth-order valence-electron chi connectivity index (χ4n) is 1.31. The number of nitro benzene ring substituents is 1. The van der Waals surface area contributed by atoms with Crippen molar-refractivity contribution in [2.24, 2.45) is 0 Å². The number of halogens is 2. The molecule has 0 heterocycles. The number of rotatable bonds is 5. The molecule has 0 atom stereocenters. The normalized spacial score (nSPS) is 11.2. The highest BCUT2D eigenvalue weighted by molar-refractivity contribution is 7.99. The van der Waals surface area contributed by atoms with Gasteiger partial charge in [0.1, 0.15) is 5.02 Å².